The maximum absolute atomic E-state index is 12.4. The first-order valence-corrected chi connectivity index (χ1v) is 7.88. The van der Waals surface area contributed by atoms with E-state index in [4.69, 9.17) is 9.57 Å². The van der Waals surface area contributed by atoms with Gasteiger partial charge in [-0.3, -0.25) is 14.4 Å². The molecular weight excluding hydrogens is 296 g/mol. The van der Waals surface area contributed by atoms with Gasteiger partial charge in [-0.1, -0.05) is 12.1 Å². The van der Waals surface area contributed by atoms with E-state index >= 15 is 0 Å². The summed E-state index contributed by atoms with van der Waals surface area (Å²) in [7, 11) is 3.27. The van der Waals surface area contributed by atoms with Crippen LogP contribution in [0.4, 0.5) is 0 Å². The molecule has 23 heavy (non-hydrogen) atoms. The van der Waals surface area contributed by atoms with Crippen molar-refractivity contribution < 1.29 is 19.2 Å². The molecule has 2 fully saturated rings. The highest BCUT2D eigenvalue weighted by Crippen LogP contribution is 2.35. The average molecular weight is 318 g/mol. The van der Waals surface area contributed by atoms with E-state index in [2.05, 4.69) is 0 Å². The zero-order valence-corrected chi connectivity index (χ0v) is 13.6. The zero-order chi connectivity index (χ0) is 16.4. The van der Waals surface area contributed by atoms with Crippen molar-refractivity contribution >= 4 is 11.8 Å². The molecule has 3 rings (SSSR count). The second kappa shape index (κ2) is 6.20. The van der Waals surface area contributed by atoms with Crippen LogP contribution in [0.2, 0.25) is 0 Å². The Morgan fingerprint density at radius 1 is 1.26 bits per heavy atom. The molecule has 0 bridgehead atoms. The molecule has 0 aromatic heterocycles. The Kier molecular flexibility index (Phi) is 4.26. The van der Waals surface area contributed by atoms with E-state index in [0.29, 0.717) is 38.8 Å². The fraction of sp³-hybridized carbons (Fsp3) is 0.529. The largest absolute Gasteiger partial charge is 0.497 e. The number of benzene rings is 1. The molecule has 1 aromatic carbocycles. The van der Waals surface area contributed by atoms with E-state index in [1.807, 2.05) is 29.2 Å². The van der Waals surface area contributed by atoms with Crippen molar-refractivity contribution in [3.8, 4) is 5.75 Å². The summed E-state index contributed by atoms with van der Waals surface area (Å²) in [6.07, 6.45) is 2.22. The molecule has 0 aliphatic carbocycles. The monoisotopic (exact) mass is 318 g/mol. The topological polar surface area (TPSA) is 59.1 Å². The third-order valence-electron chi connectivity index (χ3n) is 4.70. The summed E-state index contributed by atoms with van der Waals surface area (Å²) < 4.78 is 5.12. The highest BCUT2D eigenvalue weighted by atomic mass is 16.7. The summed E-state index contributed by atoms with van der Waals surface area (Å²) in [5.74, 6) is 0.916. The van der Waals surface area contributed by atoms with Gasteiger partial charge in [0, 0.05) is 20.1 Å². The Morgan fingerprint density at radius 2 is 1.91 bits per heavy atom. The summed E-state index contributed by atoms with van der Waals surface area (Å²) in [5, 5.41) is 1.33. The Labute approximate surface area is 135 Å². The maximum Gasteiger partial charge on any atom is 0.248 e. The summed E-state index contributed by atoms with van der Waals surface area (Å²) in [6.45, 7) is 1.27. The minimum atomic E-state index is -0.400. The number of carbonyl (C=O) groups excluding carboxylic acids is 2. The number of methoxy groups -OCH3 is 1. The molecule has 2 aliphatic heterocycles. The quantitative estimate of drug-likeness (QED) is 0.845. The Balaban J connectivity index is 1.55. The van der Waals surface area contributed by atoms with Crippen LogP contribution in [0.3, 0.4) is 0 Å². The molecule has 124 valence electrons. The van der Waals surface area contributed by atoms with E-state index in [1.54, 1.807) is 14.2 Å². The van der Waals surface area contributed by atoms with Crippen molar-refractivity contribution in [3.63, 3.8) is 0 Å². The molecule has 1 spiro atoms. The van der Waals surface area contributed by atoms with E-state index < -0.39 is 5.60 Å². The van der Waals surface area contributed by atoms with Crippen LogP contribution in [0.5, 0.6) is 5.75 Å². The SMILES string of the molecule is COc1ccc(CC(=O)N2CCC3(CC2)CC(=O)N(C)O3)cc1. The lowest BCUT2D eigenvalue weighted by atomic mass is 9.88. The Bertz CT molecular complexity index is 591. The number of ether oxygens (including phenoxy) is 1. The molecule has 6 heteroatoms. The second-order valence-corrected chi connectivity index (χ2v) is 6.25. The van der Waals surface area contributed by atoms with Gasteiger partial charge < -0.3 is 9.64 Å². The Hall–Kier alpha value is -2.08. The fourth-order valence-electron chi connectivity index (χ4n) is 3.22. The van der Waals surface area contributed by atoms with Gasteiger partial charge in [-0.25, -0.2) is 5.06 Å². The van der Waals surface area contributed by atoms with Crippen LogP contribution in [0.25, 0.3) is 0 Å². The molecule has 1 aromatic rings. The third kappa shape index (κ3) is 3.32. The molecule has 0 atom stereocenters. The van der Waals surface area contributed by atoms with E-state index in [1.165, 1.54) is 5.06 Å². The summed E-state index contributed by atoms with van der Waals surface area (Å²) in [4.78, 5) is 31.7. The minimum absolute atomic E-state index is 0.0167. The van der Waals surface area contributed by atoms with Gasteiger partial charge in [-0.2, -0.15) is 0 Å². The molecule has 2 heterocycles. The lowest BCUT2D eigenvalue weighted by molar-refractivity contribution is -0.199. The van der Waals surface area contributed by atoms with E-state index in [9.17, 15) is 9.59 Å². The maximum atomic E-state index is 12.4. The summed E-state index contributed by atoms with van der Waals surface area (Å²) in [6, 6.07) is 7.55. The molecular formula is C17H22N2O4. The van der Waals surface area contributed by atoms with Gasteiger partial charge in [0.05, 0.1) is 20.0 Å². The normalized spacial score (nSPS) is 20.2. The van der Waals surface area contributed by atoms with Crippen molar-refractivity contribution in [2.75, 3.05) is 27.2 Å². The second-order valence-electron chi connectivity index (χ2n) is 6.25. The molecule has 2 amide bonds. The minimum Gasteiger partial charge on any atom is -0.497 e. The van der Waals surface area contributed by atoms with Crippen molar-refractivity contribution in [2.45, 2.75) is 31.3 Å². The molecule has 0 unspecified atom stereocenters. The molecule has 2 saturated heterocycles. The van der Waals surface area contributed by atoms with Crippen molar-refractivity contribution in [1.82, 2.24) is 9.96 Å². The first-order valence-electron chi connectivity index (χ1n) is 7.88. The number of rotatable bonds is 3. The van der Waals surface area contributed by atoms with Crippen LogP contribution in [-0.2, 0) is 20.8 Å². The summed E-state index contributed by atoms with van der Waals surface area (Å²) >= 11 is 0. The lowest BCUT2D eigenvalue weighted by Gasteiger charge is -2.37. The molecule has 0 saturated carbocycles. The van der Waals surface area contributed by atoms with Crippen LogP contribution >= 0.6 is 0 Å². The summed E-state index contributed by atoms with van der Waals surface area (Å²) in [5.41, 5.74) is 0.575. The number of likely N-dealkylation sites (tertiary alicyclic amines) is 1. The predicted octanol–water partition coefficient (Wildman–Crippen LogP) is 1.39. The molecule has 0 N–H and O–H groups in total. The number of carbonyl (C=O) groups is 2. The van der Waals surface area contributed by atoms with E-state index in [0.717, 1.165) is 11.3 Å². The van der Waals surface area contributed by atoms with Crippen LogP contribution in [0.1, 0.15) is 24.8 Å². The standard InChI is InChI=1S/C17H22N2O4/c1-18-16(21)12-17(23-18)7-9-19(10-8-17)15(20)11-13-3-5-14(22-2)6-4-13/h3-6H,7-12H2,1-2H3. The highest BCUT2D eigenvalue weighted by Gasteiger charge is 2.46. The first kappa shape index (κ1) is 15.8. The first-order chi connectivity index (χ1) is 11.0. The lowest BCUT2D eigenvalue weighted by Crippen LogP contribution is -2.47. The van der Waals surface area contributed by atoms with Crippen LogP contribution in [0, 0.1) is 0 Å². The van der Waals surface area contributed by atoms with Crippen LogP contribution in [0.15, 0.2) is 24.3 Å². The molecule has 0 radical (unpaired) electrons. The third-order valence-corrected chi connectivity index (χ3v) is 4.70. The molecule has 2 aliphatic rings. The zero-order valence-electron chi connectivity index (χ0n) is 13.6. The number of piperidine rings is 1. The Morgan fingerprint density at radius 3 is 2.43 bits per heavy atom. The van der Waals surface area contributed by atoms with Gasteiger partial charge in [-0.05, 0) is 30.5 Å². The van der Waals surface area contributed by atoms with Gasteiger partial charge in [0.2, 0.25) is 11.8 Å². The number of hydrogen-bond acceptors (Lipinski definition) is 4. The predicted molar refractivity (Wildman–Crippen MR) is 83.7 cm³/mol. The van der Waals surface area contributed by atoms with Crippen LogP contribution in [-0.4, -0.2) is 54.6 Å². The van der Waals surface area contributed by atoms with Gasteiger partial charge in [0.1, 0.15) is 11.4 Å². The average Bonchev–Trinajstić information content (AvgIpc) is 2.82. The van der Waals surface area contributed by atoms with Gasteiger partial charge in [0.15, 0.2) is 0 Å². The molecule has 6 nitrogen and oxygen atoms in total. The number of amides is 2. The number of nitrogens with zero attached hydrogens (tertiary/aromatic N) is 2. The fourth-order valence-corrected chi connectivity index (χ4v) is 3.22. The van der Waals surface area contributed by atoms with Crippen LogP contribution < -0.4 is 4.74 Å². The van der Waals surface area contributed by atoms with Gasteiger partial charge in [-0.15, -0.1) is 0 Å². The van der Waals surface area contributed by atoms with Gasteiger partial charge in [0.25, 0.3) is 0 Å². The highest BCUT2D eigenvalue weighted by molar-refractivity contribution is 5.79. The van der Waals surface area contributed by atoms with Crippen molar-refractivity contribution in [2.24, 2.45) is 0 Å². The number of hydroxylamine groups is 2. The van der Waals surface area contributed by atoms with Gasteiger partial charge >= 0.3 is 0 Å². The smallest absolute Gasteiger partial charge is 0.248 e. The number of hydrogen-bond donors (Lipinski definition) is 0. The van der Waals surface area contributed by atoms with E-state index in [-0.39, 0.29) is 11.8 Å². The van der Waals surface area contributed by atoms with Crippen molar-refractivity contribution in [1.29, 1.82) is 0 Å². The van der Waals surface area contributed by atoms with Crippen molar-refractivity contribution in [3.05, 3.63) is 29.8 Å².